The molecule has 2 aromatic heterocycles. The number of halogens is 1. The molecule has 0 amide bonds. The second-order valence-electron chi connectivity index (χ2n) is 4.55. The van der Waals surface area contributed by atoms with E-state index in [9.17, 15) is 0 Å². The fraction of sp³-hybridized carbons (Fsp3) is 0.143. The topological polar surface area (TPSA) is 68.8 Å². The normalized spacial score (nSPS) is 10.9. The number of nitrogen functional groups attached to an aromatic ring is 1. The Bertz CT molecular complexity index is 760. The summed E-state index contributed by atoms with van der Waals surface area (Å²) in [7, 11) is 1.92. The molecule has 2 heterocycles. The molecule has 3 rings (SSSR count). The molecule has 0 saturated heterocycles. The average molecular weight is 332 g/mol. The monoisotopic (exact) mass is 331 g/mol. The van der Waals surface area contributed by atoms with Gasteiger partial charge in [-0.3, -0.25) is 9.67 Å². The second-order valence-corrected chi connectivity index (χ2v) is 5.47. The van der Waals surface area contributed by atoms with Gasteiger partial charge in [-0.1, -0.05) is 15.9 Å². The van der Waals surface area contributed by atoms with Crippen LogP contribution in [0.5, 0.6) is 0 Å². The standard InChI is InChI=1S/C14H14BrN5/c1-20-10(4-5-19-20)7-18-14-11-6-9(15)2-3-13(11)17-8-12(14)16/h2-6,8H,7,16H2,1H3,(H,17,18). The number of nitrogens with two attached hydrogens (primary N) is 1. The van der Waals surface area contributed by atoms with Crippen LogP contribution in [0.3, 0.4) is 0 Å². The van der Waals surface area contributed by atoms with Gasteiger partial charge in [-0.15, -0.1) is 0 Å². The number of aryl methyl sites for hydroxylation is 1. The van der Waals surface area contributed by atoms with Crippen LogP contribution in [-0.2, 0) is 13.6 Å². The molecule has 102 valence electrons. The van der Waals surface area contributed by atoms with Gasteiger partial charge in [0.05, 0.1) is 35.3 Å². The van der Waals surface area contributed by atoms with Gasteiger partial charge in [0.15, 0.2) is 0 Å². The highest BCUT2D eigenvalue weighted by Gasteiger charge is 2.08. The van der Waals surface area contributed by atoms with Crippen molar-refractivity contribution in [1.29, 1.82) is 0 Å². The molecule has 3 N–H and O–H groups in total. The molecule has 0 saturated carbocycles. The highest BCUT2D eigenvalue weighted by atomic mass is 79.9. The predicted octanol–water partition coefficient (Wildman–Crippen LogP) is 2.93. The van der Waals surface area contributed by atoms with E-state index in [0.717, 1.165) is 26.8 Å². The van der Waals surface area contributed by atoms with Gasteiger partial charge in [-0.25, -0.2) is 0 Å². The van der Waals surface area contributed by atoms with Crippen molar-refractivity contribution in [2.45, 2.75) is 6.54 Å². The zero-order valence-corrected chi connectivity index (χ0v) is 12.6. The minimum Gasteiger partial charge on any atom is -0.396 e. The van der Waals surface area contributed by atoms with Crippen LogP contribution in [0.25, 0.3) is 10.9 Å². The highest BCUT2D eigenvalue weighted by Crippen LogP contribution is 2.30. The summed E-state index contributed by atoms with van der Waals surface area (Å²) in [4.78, 5) is 4.34. The molecule has 0 aliphatic carbocycles. The summed E-state index contributed by atoms with van der Waals surface area (Å²) in [5.41, 5.74) is 9.59. The Kier molecular flexibility index (Phi) is 3.31. The van der Waals surface area contributed by atoms with E-state index in [1.165, 1.54) is 0 Å². The first-order valence-electron chi connectivity index (χ1n) is 6.19. The van der Waals surface area contributed by atoms with Crippen molar-refractivity contribution in [1.82, 2.24) is 14.8 Å². The van der Waals surface area contributed by atoms with Crippen LogP contribution in [0, 0.1) is 0 Å². The number of rotatable bonds is 3. The smallest absolute Gasteiger partial charge is 0.0743 e. The fourth-order valence-electron chi connectivity index (χ4n) is 2.13. The van der Waals surface area contributed by atoms with E-state index in [0.29, 0.717) is 12.2 Å². The minimum absolute atomic E-state index is 0.637. The molecule has 0 radical (unpaired) electrons. The number of hydrogen-bond donors (Lipinski definition) is 2. The molecule has 0 aliphatic heterocycles. The third-order valence-electron chi connectivity index (χ3n) is 3.23. The van der Waals surface area contributed by atoms with E-state index < -0.39 is 0 Å². The Balaban J connectivity index is 1.99. The van der Waals surface area contributed by atoms with Gasteiger partial charge in [0.1, 0.15) is 0 Å². The predicted molar refractivity (Wildman–Crippen MR) is 84.4 cm³/mol. The van der Waals surface area contributed by atoms with Crippen LogP contribution in [0.4, 0.5) is 11.4 Å². The number of fused-ring (bicyclic) bond motifs is 1. The zero-order valence-electron chi connectivity index (χ0n) is 11.0. The number of pyridine rings is 1. The van der Waals surface area contributed by atoms with E-state index in [1.54, 1.807) is 12.4 Å². The molecule has 0 unspecified atom stereocenters. The van der Waals surface area contributed by atoms with Crippen molar-refractivity contribution in [3.8, 4) is 0 Å². The Morgan fingerprint density at radius 2 is 2.20 bits per heavy atom. The minimum atomic E-state index is 0.637. The maximum Gasteiger partial charge on any atom is 0.0743 e. The average Bonchev–Trinajstić information content (AvgIpc) is 2.83. The van der Waals surface area contributed by atoms with E-state index in [2.05, 4.69) is 31.3 Å². The molecular weight excluding hydrogens is 318 g/mol. The lowest BCUT2D eigenvalue weighted by Gasteiger charge is -2.12. The molecule has 0 aliphatic rings. The van der Waals surface area contributed by atoms with Crippen LogP contribution >= 0.6 is 15.9 Å². The summed E-state index contributed by atoms with van der Waals surface area (Å²) in [6.45, 7) is 0.659. The van der Waals surface area contributed by atoms with E-state index in [4.69, 9.17) is 5.73 Å². The van der Waals surface area contributed by atoms with Gasteiger partial charge in [0.25, 0.3) is 0 Å². The summed E-state index contributed by atoms with van der Waals surface area (Å²) >= 11 is 3.48. The van der Waals surface area contributed by atoms with E-state index in [-0.39, 0.29) is 0 Å². The Morgan fingerprint density at radius 3 is 2.95 bits per heavy atom. The number of benzene rings is 1. The first-order chi connectivity index (χ1) is 9.65. The first kappa shape index (κ1) is 12.9. The van der Waals surface area contributed by atoms with Crippen LogP contribution in [0.1, 0.15) is 5.69 Å². The number of nitrogens with one attached hydrogen (secondary N) is 1. The van der Waals surface area contributed by atoms with Crippen LogP contribution in [-0.4, -0.2) is 14.8 Å². The Hall–Kier alpha value is -2.08. The van der Waals surface area contributed by atoms with Gasteiger partial charge in [-0.2, -0.15) is 5.10 Å². The highest BCUT2D eigenvalue weighted by molar-refractivity contribution is 9.10. The molecule has 0 fully saturated rings. The third kappa shape index (κ3) is 2.34. The van der Waals surface area contributed by atoms with E-state index in [1.807, 2.05) is 36.0 Å². The molecule has 0 spiro atoms. The van der Waals surface area contributed by atoms with Gasteiger partial charge >= 0.3 is 0 Å². The summed E-state index contributed by atoms with van der Waals surface area (Å²) in [6, 6.07) is 7.93. The van der Waals surface area contributed by atoms with Crippen LogP contribution in [0.2, 0.25) is 0 Å². The third-order valence-corrected chi connectivity index (χ3v) is 3.72. The number of aromatic nitrogens is 3. The van der Waals surface area contributed by atoms with Gasteiger partial charge in [0.2, 0.25) is 0 Å². The molecule has 20 heavy (non-hydrogen) atoms. The quantitative estimate of drug-likeness (QED) is 0.774. The van der Waals surface area contributed by atoms with E-state index >= 15 is 0 Å². The van der Waals surface area contributed by atoms with Crippen LogP contribution < -0.4 is 11.1 Å². The van der Waals surface area contributed by atoms with Crippen molar-refractivity contribution >= 4 is 38.2 Å². The van der Waals surface area contributed by atoms with Crippen molar-refractivity contribution in [3.05, 3.63) is 46.8 Å². The summed E-state index contributed by atoms with van der Waals surface area (Å²) in [5, 5.41) is 8.53. The fourth-order valence-corrected chi connectivity index (χ4v) is 2.49. The summed E-state index contributed by atoms with van der Waals surface area (Å²) in [5.74, 6) is 0. The number of hydrogen-bond acceptors (Lipinski definition) is 4. The molecule has 6 heteroatoms. The summed E-state index contributed by atoms with van der Waals surface area (Å²) in [6.07, 6.45) is 3.46. The van der Waals surface area contributed by atoms with Crippen molar-refractivity contribution < 1.29 is 0 Å². The SMILES string of the molecule is Cn1nccc1CNc1c(N)cnc2ccc(Br)cc12. The van der Waals surface area contributed by atoms with Gasteiger partial charge < -0.3 is 11.1 Å². The molecule has 0 atom stereocenters. The Morgan fingerprint density at radius 1 is 1.35 bits per heavy atom. The molecule has 5 nitrogen and oxygen atoms in total. The number of anilines is 2. The Labute approximate surface area is 124 Å². The lowest BCUT2D eigenvalue weighted by molar-refractivity contribution is 0.721. The maximum absolute atomic E-state index is 6.05. The largest absolute Gasteiger partial charge is 0.396 e. The summed E-state index contributed by atoms with van der Waals surface area (Å²) < 4.78 is 2.84. The molecular formula is C14H14BrN5. The zero-order chi connectivity index (χ0) is 14.1. The van der Waals surface area contributed by atoms with Crippen molar-refractivity contribution in [2.75, 3.05) is 11.1 Å². The van der Waals surface area contributed by atoms with Crippen molar-refractivity contribution in [3.63, 3.8) is 0 Å². The lowest BCUT2D eigenvalue weighted by atomic mass is 10.1. The number of nitrogens with zero attached hydrogens (tertiary/aromatic N) is 3. The van der Waals surface area contributed by atoms with Crippen molar-refractivity contribution in [2.24, 2.45) is 7.05 Å². The van der Waals surface area contributed by atoms with Gasteiger partial charge in [-0.05, 0) is 24.3 Å². The van der Waals surface area contributed by atoms with Crippen LogP contribution in [0.15, 0.2) is 41.1 Å². The molecule has 3 aromatic rings. The maximum atomic E-state index is 6.05. The molecule has 0 bridgehead atoms. The lowest BCUT2D eigenvalue weighted by Crippen LogP contribution is -2.07. The van der Waals surface area contributed by atoms with Gasteiger partial charge in [0, 0.05) is 23.1 Å². The second kappa shape index (κ2) is 5.13. The molecule has 1 aromatic carbocycles. The first-order valence-corrected chi connectivity index (χ1v) is 6.99.